The van der Waals surface area contributed by atoms with Crippen molar-refractivity contribution in [2.75, 3.05) is 13.7 Å². The second-order valence-electron chi connectivity index (χ2n) is 2.08. The van der Waals surface area contributed by atoms with Crippen LogP contribution in [0.5, 0.6) is 0 Å². The van der Waals surface area contributed by atoms with Crippen molar-refractivity contribution in [2.24, 2.45) is 0 Å². The summed E-state index contributed by atoms with van der Waals surface area (Å²) >= 11 is 4.82. The number of hydrazine groups is 3. The standard InChI is InChI=1S/C5H10N4O2S/c1-3-11-5(10)9-4(12)6-7-8(9)2/h7H,3H2,1-2H3,(H,6,12). The predicted molar refractivity (Wildman–Crippen MR) is 45.5 cm³/mol. The quantitative estimate of drug-likeness (QED) is 0.549. The third kappa shape index (κ3) is 1.63. The number of carbonyl (C=O) groups excluding carboxylic acids is 1. The van der Waals surface area contributed by atoms with E-state index in [4.69, 9.17) is 17.0 Å². The molecule has 0 spiro atoms. The van der Waals surface area contributed by atoms with Crippen LogP contribution in [0.2, 0.25) is 0 Å². The molecule has 12 heavy (non-hydrogen) atoms. The molecule has 0 radical (unpaired) electrons. The van der Waals surface area contributed by atoms with Gasteiger partial charge in [0.2, 0.25) is 5.11 Å². The fraction of sp³-hybridized carbons (Fsp3) is 0.600. The van der Waals surface area contributed by atoms with Gasteiger partial charge in [0.15, 0.2) is 0 Å². The molecule has 0 aromatic heterocycles. The van der Waals surface area contributed by atoms with Gasteiger partial charge in [-0.05, 0) is 19.1 Å². The first-order valence-corrected chi connectivity index (χ1v) is 3.83. The molecule has 68 valence electrons. The highest BCUT2D eigenvalue weighted by molar-refractivity contribution is 7.80. The smallest absolute Gasteiger partial charge is 0.432 e. The van der Waals surface area contributed by atoms with Crippen LogP contribution in [0.4, 0.5) is 4.79 Å². The summed E-state index contributed by atoms with van der Waals surface area (Å²) in [7, 11) is 1.64. The predicted octanol–water partition coefficient (Wildman–Crippen LogP) is -0.401. The molecule has 2 N–H and O–H groups in total. The van der Waals surface area contributed by atoms with E-state index in [1.807, 2.05) is 0 Å². The number of amides is 1. The van der Waals surface area contributed by atoms with Crippen LogP contribution in [0.25, 0.3) is 0 Å². The van der Waals surface area contributed by atoms with Crippen LogP contribution in [-0.4, -0.2) is 35.0 Å². The molecule has 0 bridgehead atoms. The summed E-state index contributed by atoms with van der Waals surface area (Å²) < 4.78 is 4.74. The van der Waals surface area contributed by atoms with Crippen LogP contribution >= 0.6 is 12.2 Å². The Morgan fingerprint density at radius 1 is 1.75 bits per heavy atom. The molecule has 7 heteroatoms. The summed E-state index contributed by atoms with van der Waals surface area (Å²) in [5, 5.41) is 2.86. The Balaban J connectivity index is 2.59. The summed E-state index contributed by atoms with van der Waals surface area (Å²) in [6.07, 6.45) is -0.498. The second kappa shape index (κ2) is 3.65. The third-order valence-corrected chi connectivity index (χ3v) is 1.53. The maximum atomic E-state index is 11.2. The molecule has 0 aliphatic carbocycles. The fourth-order valence-corrected chi connectivity index (χ4v) is 1.00. The summed E-state index contributed by atoms with van der Waals surface area (Å²) in [6.45, 7) is 2.06. The van der Waals surface area contributed by atoms with Crippen LogP contribution in [0.15, 0.2) is 0 Å². The van der Waals surface area contributed by atoms with E-state index in [1.54, 1.807) is 14.0 Å². The van der Waals surface area contributed by atoms with Gasteiger partial charge in [-0.3, -0.25) is 5.43 Å². The van der Waals surface area contributed by atoms with Gasteiger partial charge in [0, 0.05) is 7.05 Å². The molecular formula is C5H10N4O2S. The zero-order valence-electron chi connectivity index (χ0n) is 6.83. The van der Waals surface area contributed by atoms with E-state index in [0.29, 0.717) is 6.61 Å². The van der Waals surface area contributed by atoms with E-state index in [-0.39, 0.29) is 5.11 Å². The van der Waals surface area contributed by atoms with Gasteiger partial charge >= 0.3 is 6.09 Å². The molecular weight excluding hydrogens is 180 g/mol. The number of hydrogen-bond acceptors (Lipinski definition) is 5. The molecule has 1 saturated heterocycles. The van der Waals surface area contributed by atoms with Gasteiger partial charge in [-0.1, -0.05) is 0 Å². The van der Waals surface area contributed by atoms with Crippen LogP contribution in [-0.2, 0) is 4.74 Å². The summed E-state index contributed by atoms with van der Waals surface area (Å²) in [4.78, 5) is 11.2. The lowest BCUT2D eigenvalue weighted by Gasteiger charge is -2.18. The monoisotopic (exact) mass is 190 g/mol. The molecule has 1 heterocycles. The van der Waals surface area contributed by atoms with Crippen molar-refractivity contribution in [3.8, 4) is 0 Å². The van der Waals surface area contributed by atoms with E-state index in [9.17, 15) is 4.79 Å². The van der Waals surface area contributed by atoms with Gasteiger partial charge in [-0.15, -0.1) is 10.7 Å². The van der Waals surface area contributed by atoms with E-state index in [1.165, 1.54) is 10.1 Å². The van der Waals surface area contributed by atoms with Gasteiger partial charge in [0.25, 0.3) is 0 Å². The van der Waals surface area contributed by atoms with Crippen molar-refractivity contribution < 1.29 is 9.53 Å². The molecule has 1 aliphatic heterocycles. The lowest BCUT2D eigenvalue weighted by molar-refractivity contribution is 0.0342. The number of thiocarbonyl (C=S) groups is 1. The first kappa shape index (κ1) is 9.17. The van der Waals surface area contributed by atoms with Gasteiger partial charge in [0.1, 0.15) is 0 Å². The zero-order chi connectivity index (χ0) is 9.14. The lowest BCUT2D eigenvalue weighted by Crippen LogP contribution is -2.43. The largest absolute Gasteiger partial charge is 0.448 e. The van der Waals surface area contributed by atoms with Crippen molar-refractivity contribution >= 4 is 23.4 Å². The minimum absolute atomic E-state index is 0.274. The molecule has 1 aliphatic rings. The van der Waals surface area contributed by atoms with E-state index < -0.39 is 6.09 Å². The maximum absolute atomic E-state index is 11.2. The molecule has 0 unspecified atom stereocenters. The number of carbonyl (C=O) groups is 1. The van der Waals surface area contributed by atoms with Crippen molar-refractivity contribution in [2.45, 2.75) is 6.92 Å². The molecule has 0 atom stereocenters. The normalized spacial score (nSPS) is 17.8. The molecule has 0 aromatic rings. The SMILES string of the molecule is CCOC(=O)N1C(=S)NNN1C. The highest BCUT2D eigenvalue weighted by Gasteiger charge is 2.29. The van der Waals surface area contributed by atoms with Crippen molar-refractivity contribution in [1.29, 1.82) is 0 Å². The first-order valence-electron chi connectivity index (χ1n) is 3.43. The Morgan fingerprint density at radius 3 is 2.83 bits per heavy atom. The van der Waals surface area contributed by atoms with E-state index in [2.05, 4.69) is 11.0 Å². The highest BCUT2D eigenvalue weighted by atomic mass is 32.1. The second-order valence-corrected chi connectivity index (χ2v) is 2.46. The Bertz CT molecular complexity index is 210. The Kier molecular flexibility index (Phi) is 2.79. The van der Waals surface area contributed by atoms with Crippen molar-refractivity contribution in [3.05, 3.63) is 0 Å². The highest BCUT2D eigenvalue weighted by Crippen LogP contribution is 2.01. The number of nitrogens with one attached hydrogen (secondary N) is 2. The average molecular weight is 190 g/mol. The maximum Gasteiger partial charge on any atom is 0.432 e. The van der Waals surface area contributed by atoms with E-state index >= 15 is 0 Å². The van der Waals surface area contributed by atoms with Gasteiger partial charge in [0.05, 0.1) is 6.61 Å². The summed E-state index contributed by atoms with van der Waals surface area (Å²) in [5.74, 6) is 0. The molecule has 1 fully saturated rings. The van der Waals surface area contributed by atoms with Gasteiger partial charge in [-0.25, -0.2) is 4.79 Å². The number of hydrogen-bond donors (Lipinski definition) is 2. The fourth-order valence-electron chi connectivity index (χ4n) is 0.758. The lowest BCUT2D eigenvalue weighted by atomic mass is 10.8. The first-order chi connectivity index (χ1) is 5.66. The van der Waals surface area contributed by atoms with Crippen LogP contribution in [0.1, 0.15) is 6.92 Å². The van der Waals surface area contributed by atoms with Gasteiger partial charge in [-0.2, -0.15) is 5.01 Å². The molecule has 6 nitrogen and oxygen atoms in total. The number of ether oxygens (including phenoxy) is 1. The summed E-state index contributed by atoms with van der Waals surface area (Å²) in [5.41, 5.74) is 5.22. The zero-order valence-corrected chi connectivity index (χ0v) is 7.64. The Morgan fingerprint density at radius 2 is 2.42 bits per heavy atom. The third-order valence-electron chi connectivity index (χ3n) is 1.26. The number of rotatable bonds is 1. The van der Waals surface area contributed by atoms with Crippen LogP contribution in [0.3, 0.4) is 0 Å². The minimum Gasteiger partial charge on any atom is -0.448 e. The molecule has 0 saturated carbocycles. The summed E-state index contributed by atoms with van der Waals surface area (Å²) in [6, 6.07) is 0. The van der Waals surface area contributed by atoms with Crippen molar-refractivity contribution in [1.82, 2.24) is 21.1 Å². The van der Waals surface area contributed by atoms with Crippen LogP contribution < -0.4 is 11.0 Å². The van der Waals surface area contributed by atoms with Gasteiger partial charge < -0.3 is 4.74 Å². The Labute approximate surface area is 75.4 Å². The molecule has 1 rings (SSSR count). The Hall–Kier alpha value is -0.920. The molecule has 0 aromatic carbocycles. The number of nitrogens with zero attached hydrogens (tertiary/aromatic N) is 2. The van der Waals surface area contributed by atoms with Crippen LogP contribution in [0, 0.1) is 0 Å². The van der Waals surface area contributed by atoms with E-state index in [0.717, 1.165) is 0 Å². The topological polar surface area (TPSA) is 56.8 Å². The molecule has 1 amide bonds. The average Bonchev–Trinajstić information content (AvgIpc) is 2.32. The van der Waals surface area contributed by atoms with Crippen molar-refractivity contribution in [3.63, 3.8) is 0 Å². The minimum atomic E-state index is -0.498.